The number of hydrogen-bond donors (Lipinski definition) is 1. The molecule has 8 heteroatoms. The van der Waals surface area contributed by atoms with Crippen LogP contribution >= 0.6 is 12.4 Å². The van der Waals surface area contributed by atoms with Crippen LogP contribution in [0.2, 0.25) is 0 Å². The van der Waals surface area contributed by atoms with Gasteiger partial charge in [-0.3, -0.25) is 4.79 Å². The fraction of sp³-hybridized carbons (Fsp3) is 0.350. The van der Waals surface area contributed by atoms with E-state index in [1.807, 2.05) is 12.1 Å². The van der Waals surface area contributed by atoms with Crippen molar-refractivity contribution in [2.24, 2.45) is 17.6 Å². The molecule has 2 unspecified atom stereocenters. The van der Waals surface area contributed by atoms with Crippen molar-refractivity contribution in [1.29, 1.82) is 0 Å². The molecular weight excluding hydrogens is 393 g/mol. The molecule has 2 fully saturated rings. The minimum Gasteiger partial charge on any atom is -0.457 e. The van der Waals surface area contributed by atoms with Crippen LogP contribution in [0, 0.1) is 17.7 Å². The van der Waals surface area contributed by atoms with E-state index in [4.69, 9.17) is 10.5 Å². The molecule has 2 aromatic rings. The Morgan fingerprint density at radius 2 is 1.71 bits per heavy atom. The number of piperidine rings is 1. The van der Waals surface area contributed by atoms with E-state index < -0.39 is 29.5 Å². The predicted molar refractivity (Wildman–Crippen MR) is 101 cm³/mol. The number of carbonyl (C=O) groups is 1. The van der Waals surface area contributed by atoms with Crippen molar-refractivity contribution in [2.75, 3.05) is 19.6 Å². The number of nitrogens with two attached hydrogens (primary N) is 1. The SMILES string of the molecule is Cl.NCCc1ccc(Oc2ccc(F)c(C(=O)N3CC4C(C3)C4(F)F)c2)cc1. The molecule has 4 nitrogen and oxygen atoms in total. The van der Waals surface area contributed by atoms with Gasteiger partial charge in [0, 0.05) is 13.1 Å². The van der Waals surface area contributed by atoms with E-state index in [0.717, 1.165) is 18.1 Å². The van der Waals surface area contributed by atoms with Crippen molar-refractivity contribution in [3.05, 3.63) is 59.4 Å². The zero-order valence-electron chi connectivity index (χ0n) is 14.9. The number of ether oxygens (including phenoxy) is 1. The molecule has 1 saturated carbocycles. The number of carbonyl (C=O) groups excluding carboxylic acids is 1. The quantitative estimate of drug-likeness (QED) is 0.810. The molecule has 1 saturated heterocycles. The zero-order valence-corrected chi connectivity index (χ0v) is 15.7. The van der Waals surface area contributed by atoms with Crippen LogP contribution in [0.15, 0.2) is 42.5 Å². The number of fused-ring (bicyclic) bond motifs is 1. The van der Waals surface area contributed by atoms with Gasteiger partial charge in [0.05, 0.1) is 17.4 Å². The van der Waals surface area contributed by atoms with E-state index in [0.29, 0.717) is 18.0 Å². The van der Waals surface area contributed by atoms with Crippen LogP contribution in [0.3, 0.4) is 0 Å². The molecule has 2 aromatic carbocycles. The number of hydrogen-bond acceptors (Lipinski definition) is 3. The Morgan fingerprint density at radius 1 is 1.11 bits per heavy atom. The first-order valence-corrected chi connectivity index (χ1v) is 8.83. The number of rotatable bonds is 5. The van der Waals surface area contributed by atoms with Gasteiger partial charge in [0.1, 0.15) is 17.3 Å². The summed E-state index contributed by atoms with van der Waals surface area (Å²) in [5.41, 5.74) is 6.42. The molecule has 150 valence electrons. The van der Waals surface area contributed by atoms with Crippen LogP contribution in [-0.2, 0) is 6.42 Å². The van der Waals surface area contributed by atoms with E-state index in [1.54, 1.807) is 12.1 Å². The van der Waals surface area contributed by atoms with Crippen LogP contribution < -0.4 is 10.5 Å². The Bertz CT molecular complexity index is 862. The summed E-state index contributed by atoms with van der Waals surface area (Å²) in [5.74, 6) is -4.70. The number of amides is 1. The fourth-order valence-electron chi connectivity index (χ4n) is 3.60. The van der Waals surface area contributed by atoms with Gasteiger partial charge in [-0.25, -0.2) is 13.2 Å². The third-order valence-corrected chi connectivity index (χ3v) is 5.25. The summed E-state index contributed by atoms with van der Waals surface area (Å²) < 4.78 is 46.4. The number of nitrogens with zero attached hydrogens (tertiary/aromatic N) is 1. The van der Waals surface area contributed by atoms with E-state index in [9.17, 15) is 18.0 Å². The van der Waals surface area contributed by atoms with Crippen LogP contribution in [-0.4, -0.2) is 36.4 Å². The number of likely N-dealkylation sites (tertiary alicyclic amines) is 1. The van der Waals surface area contributed by atoms with Crippen LogP contribution in [0.5, 0.6) is 11.5 Å². The van der Waals surface area contributed by atoms with Crippen LogP contribution in [0.4, 0.5) is 13.2 Å². The topological polar surface area (TPSA) is 55.6 Å². The standard InChI is InChI=1S/C20H19F3N2O2.ClH/c21-18-6-5-14(27-13-3-1-12(2-4-13)7-8-24)9-15(18)19(26)25-10-16-17(11-25)20(16,22)23;/h1-6,9,16-17H,7-8,10-11,24H2;1H. The first kappa shape index (κ1) is 20.5. The molecule has 2 aliphatic rings. The largest absolute Gasteiger partial charge is 0.457 e. The minimum atomic E-state index is -2.68. The Hall–Kier alpha value is -2.25. The van der Waals surface area contributed by atoms with Gasteiger partial charge in [-0.1, -0.05) is 12.1 Å². The first-order valence-electron chi connectivity index (χ1n) is 8.83. The molecule has 0 radical (unpaired) electrons. The molecule has 4 rings (SSSR count). The summed E-state index contributed by atoms with van der Waals surface area (Å²) in [5, 5.41) is 0. The smallest absolute Gasteiger partial charge is 0.258 e. The van der Waals surface area contributed by atoms with Crippen molar-refractivity contribution >= 4 is 18.3 Å². The summed E-state index contributed by atoms with van der Waals surface area (Å²) >= 11 is 0. The molecule has 2 atom stereocenters. The third kappa shape index (κ3) is 3.69. The van der Waals surface area contributed by atoms with E-state index in [1.165, 1.54) is 17.0 Å². The summed E-state index contributed by atoms with van der Waals surface area (Å²) in [6.45, 7) is 0.473. The Kier molecular flexibility index (Phi) is 5.59. The molecule has 1 aliphatic heterocycles. The fourth-order valence-corrected chi connectivity index (χ4v) is 3.60. The highest BCUT2D eigenvalue weighted by molar-refractivity contribution is 5.95. The number of benzene rings is 2. The maximum Gasteiger partial charge on any atom is 0.258 e. The zero-order chi connectivity index (χ0) is 19.2. The minimum absolute atomic E-state index is 0. The van der Waals surface area contributed by atoms with Gasteiger partial charge in [-0.2, -0.15) is 0 Å². The number of halogens is 4. The molecular formula is C20H20ClF3N2O2. The predicted octanol–water partition coefficient (Wildman–Crippen LogP) is 3.88. The highest BCUT2D eigenvalue weighted by Crippen LogP contribution is 2.59. The second kappa shape index (κ2) is 7.64. The molecule has 0 aromatic heterocycles. The molecule has 2 N–H and O–H groups in total. The highest BCUT2D eigenvalue weighted by atomic mass is 35.5. The lowest BCUT2D eigenvalue weighted by atomic mass is 10.1. The van der Waals surface area contributed by atoms with Gasteiger partial charge < -0.3 is 15.4 Å². The van der Waals surface area contributed by atoms with Gasteiger partial charge >= 0.3 is 0 Å². The lowest BCUT2D eigenvalue weighted by Crippen LogP contribution is -2.34. The number of alkyl halides is 2. The van der Waals surface area contributed by atoms with Gasteiger partial charge in [0.15, 0.2) is 0 Å². The van der Waals surface area contributed by atoms with E-state index in [-0.39, 0.29) is 31.1 Å². The summed E-state index contributed by atoms with van der Waals surface area (Å²) in [4.78, 5) is 13.8. The van der Waals surface area contributed by atoms with E-state index >= 15 is 0 Å². The highest BCUT2D eigenvalue weighted by Gasteiger charge is 2.72. The van der Waals surface area contributed by atoms with Crippen LogP contribution in [0.25, 0.3) is 0 Å². The van der Waals surface area contributed by atoms with Gasteiger partial charge in [-0.05, 0) is 48.9 Å². The van der Waals surface area contributed by atoms with Crippen LogP contribution in [0.1, 0.15) is 15.9 Å². The Morgan fingerprint density at radius 3 is 2.32 bits per heavy atom. The average molecular weight is 413 g/mol. The average Bonchev–Trinajstić information content (AvgIpc) is 3.00. The maximum absolute atomic E-state index is 14.1. The van der Waals surface area contributed by atoms with Gasteiger partial charge in [-0.15, -0.1) is 12.4 Å². The monoisotopic (exact) mass is 412 g/mol. The van der Waals surface area contributed by atoms with Crippen molar-refractivity contribution in [3.8, 4) is 11.5 Å². The van der Waals surface area contributed by atoms with Gasteiger partial charge in [0.2, 0.25) is 0 Å². The molecule has 0 spiro atoms. The lowest BCUT2D eigenvalue weighted by Gasteiger charge is -2.20. The normalized spacial score (nSPS) is 21.6. The second-order valence-corrected chi connectivity index (χ2v) is 7.02. The molecule has 0 bridgehead atoms. The van der Waals surface area contributed by atoms with Crippen molar-refractivity contribution in [3.63, 3.8) is 0 Å². The first-order chi connectivity index (χ1) is 12.9. The summed E-state index contributed by atoms with van der Waals surface area (Å²) in [6.07, 6.45) is 0.756. The van der Waals surface area contributed by atoms with Crippen molar-refractivity contribution < 1.29 is 22.7 Å². The third-order valence-electron chi connectivity index (χ3n) is 5.25. The molecule has 1 aliphatic carbocycles. The van der Waals surface area contributed by atoms with Gasteiger partial charge in [0.25, 0.3) is 11.8 Å². The summed E-state index contributed by atoms with van der Waals surface area (Å²) in [7, 11) is 0. The maximum atomic E-state index is 14.1. The van der Waals surface area contributed by atoms with E-state index in [2.05, 4.69) is 0 Å². The molecule has 28 heavy (non-hydrogen) atoms. The summed E-state index contributed by atoms with van der Waals surface area (Å²) in [6, 6.07) is 11.2. The second-order valence-electron chi connectivity index (χ2n) is 7.02. The van der Waals surface area contributed by atoms with Crippen molar-refractivity contribution in [1.82, 2.24) is 4.90 Å². The molecule has 1 heterocycles. The van der Waals surface area contributed by atoms with Crippen molar-refractivity contribution in [2.45, 2.75) is 12.3 Å². The molecule has 1 amide bonds. The lowest BCUT2D eigenvalue weighted by molar-refractivity contribution is 0.0456. The Labute approximate surface area is 166 Å². The Balaban J connectivity index is 0.00000225.